The predicted molar refractivity (Wildman–Crippen MR) is 52.6 cm³/mol. The quantitative estimate of drug-likeness (QED) is 0.649. The van der Waals surface area contributed by atoms with Crippen molar-refractivity contribution in [3.63, 3.8) is 0 Å². The fourth-order valence-electron chi connectivity index (χ4n) is 1.81. The monoisotopic (exact) mass is 201 g/mol. The van der Waals surface area contributed by atoms with Crippen molar-refractivity contribution in [2.24, 2.45) is 11.7 Å². The number of aliphatic hydroxyl groups is 1. The molecule has 0 aromatic rings. The molecule has 1 aliphatic carbocycles. The molecular weight excluding hydrogens is 182 g/mol. The molecule has 14 heavy (non-hydrogen) atoms. The maximum absolute atomic E-state index is 11.2. The average molecular weight is 201 g/mol. The zero-order chi connectivity index (χ0) is 10.6. The highest BCUT2D eigenvalue weighted by Gasteiger charge is 2.24. The maximum Gasteiger partial charge on any atom is 0.325 e. The Bertz CT molecular complexity index is 196. The molecule has 0 radical (unpaired) electrons. The Hall–Kier alpha value is -0.610. The van der Waals surface area contributed by atoms with Crippen molar-refractivity contribution in [1.29, 1.82) is 0 Å². The van der Waals surface area contributed by atoms with E-state index < -0.39 is 12.0 Å². The average Bonchev–Trinajstić information content (AvgIpc) is 2.16. The van der Waals surface area contributed by atoms with E-state index in [4.69, 9.17) is 15.6 Å². The molecule has 82 valence electrons. The third-order valence-electron chi connectivity index (χ3n) is 2.67. The van der Waals surface area contributed by atoms with Gasteiger partial charge in [0, 0.05) is 0 Å². The van der Waals surface area contributed by atoms with Gasteiger partial charge in [0.15, 0.2) is 0 Å². The van der Waals surface area contributed by atoms with Crippen LogP contribution in [-0.2, 0) is 9.53 Å². The van der Waals surface area contributed by atoms with E-state index in [9.17, 15) is 4.79 Å². The standard InChI is InChI=1S/C10H19NO3/c1-7-3-2-4-8(5-7)14-10(13)9(11)6-12/h7-9,12H,2-6,11H2,1H3/t7?,8?,9-/m1/s1. The molecule has 0 spiro atoms. The number of nitrogens with two attached hydrogens (primary N) is 1. The zero-order valence-corrected chi connectivity index (χ0v) is 8.61. The second-order valence-electron chi connectivity index (χ2n) is 4.12. The van der Waals surface area contributed by atoms with E-state index >= 15 is 0 Å². The van der Waals surface area contributed by atoms with E-state index in [1.165, 1.54) is 6.42 Å². The Kier molecular flexibility index (Phi) is 4.35. The van der Waals surface area contributed by atoms with Crippen LogP contribution < -0.4 is 5.73 Å². The normalized spacial score (nSPS) is 29.6. The summed E-state index contributed by atoms with van der Waals surface area (Å²) in [4.78, 5) is 11.2. The largest absolute Gasteiger partial charge is 0.461 e. The van der Waals surface area contributed by atoms with Gasteiger partial charge in [0.05, 0.1) is 6.61 Å². The molecule has 3 N–H and O–H groups in total. The molecule has 0 aliphatic heterocycles. The minimum Gasteiger partial charge on any atom is -0.461 e. The van der Waals surface area contributed by atoms with Gasteiger partial charge in [0.2, 0.25) is 0 Å². The van der Waals surface area contributed by atoms with Gasteiger partial charge in [0.25, 0.3) is 0 Å². The molecule has 4 nitrogen and oxygen atoms in total. The summed E-state index contributed by atoms with van der Waals surface area (Å²) >= 11 is 0. The van der Waals surface area contributed by atoms with Crippen molar-refractivity contribution in [1.82, 2.24) is 0 Å². The number of hydrogen-bond donors (Lipinski definition) is 2. The summed E-state index contributed by atoms with van der Waals surface area (Å²) in [7, 11) is 0. The molecule has 1 rings (SSSR count). The van der Waals surface area contributed by atoms with Crippen LogP contribution in [-0.4, -0.2) is 29.8 Å². The Balaban J connectivity index is 2.32. The molecule has 0 saturated heterocycles. The van der Waals surface area contributed by atoms with Crippen LogP contribution in [0, 0.1) is 5.92 Å². The first-order valence-electron chi connectivity index (χ1n) is 5.20. The van der Waals surface area contributed by atoms with Gasteiger partial charge in [-0.25, -0.2) is 0 Å². The fraction of sp³-hybridized carbons (Fsp3) is 0.900. The number of carbonyl (C=O) groups excluding carboxylic acids is 1. The second kappa shape index (κ2) is 5.32. The third kappa shape index (κ3) is 3.27. The van der Waals surface area contributed by atoms with Crippen LogP contribution in [0.15, 0.2) is 0 Å². The number of carbonyl (C=O) groups is 1. The summed E-state index contributed by atoms with van der Waals surface area (Å²) in [6.07, 6.45) is 4.16. The summed E-state index contributed by atoms with van der Waals surface area (Å²) in [6.45, 7) is 1.81. The van der Waals surface area contributed by atoms with Crippen LogP contribution >= 0.6 is 0 Å². The highest BCUT2D eigenvalue weighted by Crippen LogP contribution is 2.25. The Labute approximate surface area is 84.4 Å². The van der Waals surface area contributed by atoms with E-state index in [0.29, 0.717) is 5.92 Å². The topological polar surface area (TPSA) is 72.5 Å². The molecule has 0 bridgehead atoms. The van der Waals surface area contributed by atoms with Gasteiger partial charge >= 0.3 is 5.97 Å². The number of ether oxygens (including phenoxy) is 1. The van der Waals surface area contributed by atoms with Crippen molar-refractivity contribution < 1.29 is 14.6 Å². The third-order valence-corrected chi connectivity index (χ3v) is 2.67. The van der Waals surface area contributed by atoms with Crippen LogP contribution in [0.5, 0.6) is 0 Å². The van der Waals surface area contributed by atoms with Crippen molar-refractivity contribution in [3.05, 3.63) is 0 Å². The molecular formula is C10H19NO3. The van der Waals surface area contributed by atoms with Crippen molar-refractivity contribution in [3.8, 4) is 0 Å². The lowest BCUT2D eigenvalue weighted by molar-refractivity contribution is -0.153. The highest BCUT2D eigenvalue weighted by atomic mass is 16.5. The van der Waals surface area contributed by atoms with Gasteiger partial charge in [-0.1, -0.05) is 13.3 Å². The molecule has 0 aromatic heterocycles. The van der Waals surface area contributed by atoms with E-state index in [-0.39, 0.29) is 12.7 Å². The molecule has 4 heteroatoms. The van der Waals surface area contributed by atoms with Gasteiger partial charge in [-0.3, -0.25) is 4.79 Å². The molecule has 3 atom stereocenters. The minimum atomic E-state index is -0.882. The van der Waals surface area contributed by atoms with Gasteiger partial charge in [-0.2, -0.15) is 0 Å². The molecule has 1 fully saturated rings. The second-order valence-corrected chi connectivity index (χ2v) is 4.12. The van der Waals surface area contributed by atoms with Gasteiger partial charge in [-0.05, 0) is 25.2 Å². The lowest BCUT2D eigenvalue weighted by Crippen LogP contribution is -2.38. The van der Waals surface area contributed by atoms with Crippen molar-refractivity contribution in [2.75, 3.05) is 6.61 Å². The van der Waals surface area contributed by atoms with Crippen LogP contribution in [0.4, 0.5) is 0 Å². The first-order valence-corrected chi connectivity index (χ1v) is 5.20. The molecule has 0 amide bonds. The van der Waals surface area contributed by atoms with Gasteiger partial charge in [-0.15, -0.1) is 0 Å². The summed E-state index contributed by atoms with van der Waals surface area (Å²) in [5.41, 5.74) is 5.34. The van der Waals surface area contributed by atoms with Crippen molar-refractivity contribution in [2.45, 2.75) is 44.8 Å². The van der Waals surface area contributed by atoms with Gasteiger partial charge < -0.3 is 15.6 Å². The number of rotatable bonds is 3. The maximum atomic E-state index is 11.2. The molecule has 0 aromatic carbocycles. The summed E-state index contributed by atoms with van der Waals surface area (Å²) in [5.74, 6) is 0.138. The zero-order valence-electron chi connectivity index (χ0n) is 8.61. The molecule has 1 aliphatic rings. The summed E-state index contributed by atoms with van der Waals surface area (Å²) < 4.78 is 5.19. The number of esters is 1. The van der Waals surface area contributed by atoms with Gasteiger partial charge in [0.1, 0.15) is 12.1 Å². The molecule has 1 saturated carbocycles. The van der Waals surface area contributed by atoms with Crippen molar-refractivity contribution >= 4 is 5.97 Å². The summed E-state index contributed by atoms with van der Waals surface area (Å²) in [5, 5.41) is 8.66. The van der Waals surface area contributed by atoms with Crippen LogP contribution in [0.3, 0.4) is 0 Å². The lowest BCUT2D eigenvalue weighted by atomic mass is 9.89. The predicted octanol–water partition coefficient (Wildman–Crippen LogP) is 0.428. The molecule has 0 heterocycles. The van der Waals surface area contributed by atoms with Crippen LogP contribution in [0.1, 0.15) is 32.6 Å². The van der Waals surface area contributed by atoms with E-state index in [0.717, 1.165) is 19.3 Å². The minimum absolute atomic E-state index is 0.00356. The summed E-state index contributed by atoms with van der Waals surface area (Å²) in [6, 6.07) is -0.882. The number of hydrogen-bond acceptors (Lipinski definition) is 4. The smallest absolute Gasteiger partial charge is 0.325 e. The van der Waals surface area contributed by atoms with E-state index in [2.05, 4.69) is 6.92 Å². The SMILES string of the molecule is CC1CCCC(OC(=O)[C@H](N)CO)C1. The molecule has 2 unspecified atom stereocenters. The van der Waals surface area contributed by atoms with Crippen LogP contribution in [0.25, 0.3) is 0 Å². The Morgan fingerprint density at radius 2 is 2.36 bits per heavy atom. The number of aliphatic hydroxyl groups excluding tert-OH is 1. The Morgan fingerprint density at radius 1 is 1.64 bits per heavy atom. The fourth-order valence-corrected chi connectivity index (χ4v) is 1.81. The Morgan fingerprint density at radius 3 is 2.93 bits per heavy atom. The first-order chi connectivity index (χ1) is 6.63. The van der Waals surface area contributed by atoms with E-state index in [1.54, 1.807) is 0 Å². The lowest BCUT2D eigenvalue weighted by Gasteiger charge is -2.27. The van der Waals surface area contributed by atoms with Crippen LogP contribution in [0.2, 0.25) is 0 Å². The van der Waals surface area contributed by atoms with E-state index in [1.807, 2.05) is 0 Å². The highest BCUT2D eigenvalue weighted by molar-refractivity contribution is 5.75. The first kappa shape index (κ1) is 11.5.